The molecule has 1 saturated heterocycles. The van der Waals surface area contributed by atoms with Gasteiger partial charge in [-0.3, -0.25) is 4.90 Å². The van der Waals surface area contributed by atoms with Gasteiger partial charge in [0, 0.05) is 34.4 Å². The molecule has 0 aromatic heterocycles. The number of nitrogens with zero attached hydrogens (tertiary/aromatic N) is 2. The number of likely N-dealkylation sites (tertiary alicyclic amines) is 1. The summed E-state index contributed by atoms with van der Waals surface area (Å²) in [6, 6.07) is 0. The van der Waals surface area contributed by atoms with Crippen molar-refractivity contribution in [3.63, 3.8) is 0 Å². The van der Waals surface area contributed by atoms with Gasteiger partial charge in [0.25, 0.3) is 0 Å². The van der Waals surface area contributed by atoms with E-state index in [9.17, 15) is 4.91 Å². The molecule has 0 N–H and O–H groups in total. The van der Waals surface area contributed by atoms with Crippen molar-refractivity contribution >= 4 is 11.9 Å². The highest BCUT2D eigenvalue weighted by Crippen LogP contribution is 2.28. The van der Waals surface area contributed by atoms with Crippen LogP contribution in [0.3, 0.4) is 0 Å². The van der Waals surface area contributed by atoms with Crippen LogP contribution < -0.4 is 0 Å². The van der Waals surface area contributed by atoms with Crippen LogP contribution in [0.25, 0.3) is 0 Å². The number of rotatable bonds is 4. The minimum atomic E-state index is -0.0530. The monoisotopic (exact) mass is 187 g/mol. The molecule has 3 nitrogen and oxygen atoms in total. The first kappa shape index (κ1) is 9.99. The van der Waals surface area contributed by atoms with Crippen molar-refractivity contribution in [2.24, 2.45) is 4.58 Å². The third kappa shape index (κ3) is 3.11. The van der Waals surface area contributed by atoms with Gasteiger partial charge in [0.15, 0.2) is 0 Å². The first-order chi connectivity index (χ1) is 5.64. The van der Waals surface area contributed by atoms with Crippen LogP contribution in [0.2, 0.25) is 0 Å². The van der Waals surface area contributed by atoms with E-state index in [4.69, 9.17) is 0 Å². The predicted octanol–water partition coefficient (Wildman–Crippen LogP) is 2.44. The van der Waals surface area contributed by atoms with Crippen LogP contribution in [-0.4, -0.2) is 22.7 Å². The summed E-state index contributed by atoms with van der Waals surface area (Å²) in [6.45, 7) is 8.36. The smallest absolute Gasteiger partial charge is 0.0483 e. The Morgan fingerprint density at radius 2 is 2.42 bits per heavy atom. The zero-order valence-electron chi connectivity index (χ0n) is 7.62. The van der Waals surface area contributed by atoms with Gasteiger partial charge in [-0.05, 0) is 33.2 Å². The molecule has 0 aliphatic carbocycles. The Morgan fingerprint density at radius 3 is 2.92 bits per heavy atom. The molecule has 0 atom stereocenters. The number of hydrogen-bond acceptors (Lipinski definition) is 4. The van der Waals surface area contributed by atoms with Crippen molar-refractivity contribution in [3.05, 3.63) is 11.5 Å². The Morgan fingerprint density at radius 1 is 1.67 bits per heavy atom. The Kier molecular flexibility index (Phi) is 3.53. The molecule has 1 aliphatic rings. The average molecular weight is 187 g/mol. The van der Waals surface area contributed by atoms with Gasteiger partial charge in [-0.15, -0.1) is 4.91 Å². The van der Waals surface area contributed by atoms with Crippen LogP contribution in [-0.2, 0) is 0 Å². The highest BCUT2D eigenvalue weighted by molar-refractivity contribution is 7.99. The fraction of sp³-hybridized carbons (Fsp3) is 0.875. The van der Waals surface area contributed by atoms with E-state index in [2.05, 4.69) is 16.0 Å². The maximum atomic E-state index is 10.1. The fourth-order valence-corrected chi connectivity index (χ4v) is 1.85. The van der Waals surface area contributed by atoms with Crippen LogP contribution in [0.4, 0.5) is 0 Å². The van der Waals surface area contributed by atoms with Gasteiger partial charge in [-0.25, -0.2) is 0 Å². The topological polar surface area (TPSA) is 32.7 Å². The van der Waals surface area contributed by atoms with Crippen molar-refractivity contribution < 1.29 is 0 Å². The minimum absolute atomic E-state index is 0.0530. The summed E-state index contributed by atoms with van der Waals surface area (Å²) >= 11 is 1.13. The zero-order valence-corrected chi connectivity index (χ0v) is 8.43. The molecule has 0 unspecified atom stereocenters. The Bertz CT molecular complexity index is 155. The van der Waals surface area contributed by atoms with Gasteiger partial charge in [0.1, 0.15) is 0 Å². The fourth-order valence-electron chi connectivity index (χ4n) is 1.42. The molecule has 0 aromatic rings. The van der Waals surface area contributed by atoms with Crippen LogP contribution in [0.1, 0.15) is 26.7 Å². The molecule has 1 rings (SSSR count). The first-order valence-electron chi connectivity index (χ1n) is 4.22. The zero-order chi connectivity index (χ0) is 9.03. The van der Waals surface area contributed by atoms with Crippen molar-refractivity contribution in [2.45, 2.75) is 31.4 Å². The van der Waals surface area contributed by atoms with E-state index >= 15 is 0 Å². The summed E-state index contributed by atoms with van der Waals surface area (Å²) in [5, 5.41) is 0. The predicted molar refractivity (Wildman–Crippen MR) is 52.6 cm³/mol. The Labute approximate surface area is 78.0 Å². The normalized spacial score (nSPS) is 19.8. The molecule has 0 saturated carbocycles. The first-order valence-corrected chi connectivity index (χ1v) is 5.00. The van der Waals surface area contributed by atoms with Crippen LogP contribution in [0.15, 0.2) is 4.58 Å². The van der Waals surface area contributed by atoms with E-state index in [1.54, 1.807) is 0 Å². The summed E-state index contributed by atoms with van der Waals surface area (Å²) in [4.78, 5) is 12.4. The molecule has 1 radical (unpaired) electrons. The Balaban J connectivity index is 2.31. The van der Waals surface area contributed by atoms with E-state index in [-0.39, 0.29) is 4.75 Å². The average Bonchev–Trinajstić information content (AvgIpc) is 2.38. The van der Waals surface area contributed by atoms with Gasteiger partial charge in [0.2, 0.25) is 0 Å². The lowest BCUT2D eigenvalue weighted by molar-refractivity contribution is 0.354. The second-order valence-corrected chi connectivity index (χ2v) is 5.16. The largest absolute Gasteiger partial charge is 0.297 e. The lowest BCUT2D eigenvalue weighted by Crippen LogP contribution is -2.32. The molecule has 1 aliphatic heterocycles. The number of hydrogen-bond donors (Lipinski definition) is 0. The van der Waals surface area contributed by atoms with Crippen molar-refractivity contribution in [2.75, 3.05) is 13.1 Å². The molecular weight excluding hydrogens is 172 g/mol. The summed E-state index contributed by atoms with van der Waals surface area (Å²) in [5.41, 5.74) is 0. The minimum Gasteiger partial charge on any atom is -0.297 e. The van der Waals surface area contributed by atoms with Gasteiger partial charge in [-0.2, -0.15) is 0 Å². The molecule has 0 bridgehead atoms. The summed E-state index contributed by atoms with van der Waals surface area (Å²) in [7, 11) is 0. The second-order valence-electron chi connectivity index (χ2n) is 3.72. The third-order valence-corrected chi connectivity index (χ3v) is 2.60. The van der Waals surface area contributed by atoms with Gasteiger partial charge < -0.3 is 0 Å². The van der Waals surface area contributed by atoms with Crippen molar-refractivity contribution in [1.82, 2.24) is 4.90 Å². The molecule has 1 heterocycles. The SMILES string of the molecule is CC(C)(CN1[CH]CCC1)SN=O. The lowest BCUT2D eigenvalue weighted by Gasteiger charge is -2.25. The maximum absolute atomic E-state index is 10.1. The summed E-state index contributed by atoms with van der Waals surface area (Å²) in [5.74, 6) is 0. The second kappa shape index (κ2) is 4.23. The molecule has 69 valence electrons. The highest BCUT2D eigenvalue weighted by Gasteiger charge is 2.25. The van der Waals surface area contributed by atoms with Gasteiger partial charge in [-0.1, -0.05) is 0 Å². The number of nitroso groups, excluding NO2 is 1. The van der Waals surface area contributed by atoms with E-state index in [1.165, 1.54) is 12.8 Å². The van der Waals surface area contributed by atoms with E-state index in [0.717, 1.165) is 25.0 Å². The standard InChI is InChI=1S/C8H15N2OS/c1-8(2,12-9-11)7-10-5-3-4-6-10/h5H,3-4,6-7H2,1-2H3. The highest BCUT2D eigenvalue weighted by atomic mass is 32.2. The molecule has 0 spiro atoms. The van der Waals surface area contributed by atoms with E-state index < -0.39 is 0 Å². The molecule has 1 fully saturated rings. The van der Waals surface area contributed by atoms with Crippen LogP contribution in [0, 0.1) is 11.5 Å². The lowest BCUT2D eigenvalue weighted by atomic mass is 10.2. The molecule has 0 amide bonds. The maximum Gasteiger partial charge on any atom is 0.0483 e. The van der Waals surface area contributed by atoms with Gasteiger partial charge in [0.05, 0.1) is 0 Å². The third-order valence-electron chi connectivity index (χ3n) is 1.91. The van der Waals surface area contributed by atoms with Crippen LogP contribution in [0.5, 0.6) is 0 Å². The Hall–Kier alpha value is -0.0900. The quantitative estimate of drug-likeness (QED) is 0.500. The molecule has 0 aromatic carbocycles. The van der Waals surface area contributed by atoms with Gasteiger partial charge >= 0.3 is 0 Å². The summed E-state index contributed by atoms with van der Waals surface area (Å²) < 4.78 is 2.82. The van der Waals surface area contributed by atoms with Crippen LogP contribution >= 0.6 is 11.9 Å². The summed E-state index contributed by atoms with van der Waals surface area (Å²) in [6.07, 6.45) is 2.42. The van der Waals surface area contributed by atoms with Crippen molar-refractivity contribution in [1.29, 1.82) is 0 Å². The van der Waals surface area contributed by atoms with E-state index in [1.807, 2.05) is 13.8 Å². The molecule has 12 heavy (non-hydrogen) atoms. The van der Waals surface area contributed by atoms with E-state index in [0.29, 0.717) is 0 Å². The van der Waals surface area contributed by atoms with Crippen molar-refractivity contribution in [3.8, 4) is 0 Å². The molecular formula is C8H15N2OS. The molecule has 4 heteroatoms.